The van der Waals surface area contributed by atoms with E-state index in [0.717, 1.165) is 51.0 Å². The van der Waals surface area contributed by atoms with Gasteiger partial charge in [-0.05, 0) is 38.3 Å². The molecule has 0 radical (unpaired) electrons. The molecule has 2 aliphatic rings. The Morgan fingerprint density at radius 1 is 1.15 bits per heavy atom. The second kappa shape index (κ2) is 8.83. The third kappa shape index (κ3) is 5.06. The number of esters is 1. The normalized spacial score (nSPS) is 23.0. The molecule has 2 saturated heterocycles. The third-order valence-electron chi connectivity index (χ3n) is 5.88. The molecule has 5 nitrogen and oxygen atoms in total. The zero-order chi connectivity index (χ0) is 19.3. The number of rotatable bonds is 6. The molecule has 1 atom stereocenters. The molecule has 2 heterocycles. The topological polar surface area (TPSA) is 49.9 Å². The van der Waals surface area contributed by atoms with Crippen LogP contribution in [0.25, 0.3) is 0 Å². The molecular formula is C21H29FN2O3. The van der Waals surface area contributed by atoms with E-state index in [1.807, 2.05) is 17.0 Å². The quantitative estimate of drug-likeness (QED) is 0.716. The first-order valence-corrected chi connectivity index (χ1v) is 9.82. The Labute approximate surface area is 160 Å². The van der Waals surface area contributed by atoms with Crippen LogP contribution in [-0.4, -0.2) is 55.0 Å². The van der Waals surface area contributed by atoms with Crippen molar-refractivity contribution >= 4 is 11.9 Å². The number of carbonyl (C=O) groups is 2. The van der Waals surface area contributed by atoms with E-state index < -0.39 is 0 Å². The first-order valence-electron chi connectivity index (χ1n) is 9.82. The summed E-state index contributed by atoms with van der Waals surface area (Å²) >= 11 is 0. The number of ether oxygens (including phenoxy) is 1. The van der Waals surface area contributed by atoms with E-state index in [0.29, 0.717) is 19.4 Å². The summed E-state index contributed by atoms with van der Waals surface area (Å²) in [5.41, 5.74) is 0.866. The van der Waals surface area contributed by atoms with Gasteiger partial charge in [-0.15, -0.1) is 0 Å². The van der Waals surface area contributed by atoms with E-state index in [9.17, 15) is 14.0 Å². The molecule has 0 bridgehead atoms. The van der Waals surface area contributed by atoms with E-state index in [2.05, 4.69) is 9.64 Å². The highest BCUT2D eigenvalue weighted by Crippen LogP contribution is 2.39. The largest absolute Gasteiger partial charge is 0.469 e. The standard InChI is InChI=1S/C21H29FN2O3/c1-27-20(26)9-4-8-19(25)24-13-11-21(16-24)10-5-12-23(15-21)14-17-6-2-3-7-18(17)22/h2-3,6-7H,4-5,8-16H2,1H3/t21-/m1/s1. The van der Waals surface area contributed by atoms with Gasteiger partial charge in [0.25, 0.3) is 0 Å². The molecule has 6 heteroatoms. The van der Waals surface area contributed by atoms with Gasteiger partial charge in [-0.25, -0.2) is 4.39 Å². The smallest absolute Gasteiger partial charge is 0.305 e. The Hall–Kier alpha value is -1.95. The van der Waals surface area contributed by atoms with Crippen LogP contribution in [0.2, 0.25) is 0 Å². The lowest BCUT2D eigenvalue weighted by Crippen LogP contribution is -2.45. The summed E-state index contributed by atoms with van der Waals surface area (Å²) in [6.07, 6.45) is 4.42. The van der Waals surface area contributed by atoms with Gasteiger partial charge in [-0.2, -0.15) is 0 Å². The Bertz CT molecular complexity index is 681. The number of halogens is 1. The minimum Gasteiger partial charge on any atom is -0.469 e. The first-order chi connectivity index (χ1) is 13.0. The zero-order valence-corrected chi connectivity index (χ0v) is 16.1. The van der Waals surface area contributed by atoms with Crippen molar-refractivity contribution in [3.05, 3.63) is 35.6 Å². The summed E-state index contributed by atoms with van der Waals surface area (Å²) in [6, 6.07) is 6.96. The van der Waals surface area contributed by atoms with Crippen LogP contribution in [0.1, 0.15) is 44.1 Å². The lowest BCUT2D eigenvalue weighted by atomic mass is 9.79. The highest BCUT2D eigenvalue weighted by atomic mass is 19.1. The van der Waals surface area contributed by atoms with Crippen molar-refractivity contribution < 1.29 is 18.7 Å². The molecule has 1 spiro atoms. The summed E-state index contributed by atoms with van der Waals surface area (Å²) in [5, 5.41) is 0. The fraction of sp³-hybridized carbons (Fsp3) is 0.619. The molecule has 1 aromatic carbocycles. The van der Waals surface area contributed by atoms with Gasteiger partial charge in [-0.3, -0.25) is 14.5 Å². The lowest BCUT2D eigenvalue weighted by Gasteiger charge is -2.40. The van der Waals surface area contributed by atoms with Gasteiger partial charge in [0.05, 0.1) is 7.11 Å². The van der Waals surface area contributed by atoms with Crippen LogP contribution in [0.15, 0.2) is 24.3 Å². The van der Waals surface area contributed by atoms with E-state index in [-0.39, 0.29) is 29.5 Å². The fourth-order valence-electron chi connectivity index (χ4n) is 4.44. The van der Waals surface area contributed by atoms with E-state index in [4.69, 9.17) is 0 Å². The Morgan fingerprint density at radius 2 is 1.96 bits per heavy atom. The molecule has 0 aromatic heterocycles. The highest BCUT2D eigenvalue weighted by molar-refractivity contribution is 5.77. The Kier molecular flexibility index (Phi) is 6.47. The van der Waals surface area contributed by atoms with Crippen molar-refractivity contribution in [3.8, 4) is 0 Å². The number of hydrogen-bond acceptors (Lipinski definition) is 4. The van der Waals surface area contributed by atoms with Crippen LogP contribution < -0.4 is 0 Å². The Balaban J connectivity index is 1.52. The second-order valence-electron chi connectivity index (χ2n) is 7.90. The van der Waals surface area contributed by atoms with Crippen molar-refractivity contribution in [2.45, 2.75) is 45.1 Å². The van der Waals surface area contributed by atoms with Crippen molar-refractivity contribution in [1.29, 1.82) is 0 Å². The SMILES string of the molecule is COC(=O)CCCC(=O)N1CC[C@@]2(CCCN(Cc3ccccc3F)C2)C1. The van der Waals surface area contributed by atoms with Gasteiger partial charge >= 0.3 is 5.97 Å². The molecule has 0 N–H and O–H groups in total. The Morgan fingerprint density at radius 3 is 2.74 bits per heavy atom. The number of likely N-dealkylation sites (tertiary alicyclic amines) is 2. The summed E-state index contributed by atoms with van der Waals surface area (Å²) in [5.74, 6) is -0.287. The highest BCUT2D eigenvalue weighted by Gasteiger charge is 2.42. The average Bonchev–Trinajstić information content (AvgIpc) is 3.06. The summed E-state index contributed by atoms with van der Waals surface area (Å²) in [7, 11) is 1.37. The number of piperidine rings is 1. The summed E-state index contributed by atoms with van der Waals surface area (Å²) in [4.78, 5) is 27.9. The van der Waals surface area contributed by atoms with Crippen LogP contribution in [0.3, 0.4) is 0 Å². The summed E-state index contributed by atoms with van der Waals surface area (Å²) in [6.45, 7) is 4.07. The minimum atomic E-state index is -0.267. The van der Waals surface area contributed by atoms with Crippen LogP contribution in [-0.2, 0) is 20.9 Å². The molecule has 0 aliphatic carbocycles. The van der Waals surface area contributed by atoms with Gasteiger partial charge in [0.15, 0.2) is 0 Å². The number of nitrogens with zero attached hydrogens (tertiary/aromatic N) is 2. The van der Waals surface area contributed by atoms with Crippen LogP contribution in [0.5, 0.6) is 0 Å². The number of carbonyl (C=O) groups excluding carboxylic acids is 2. The monoisotopic (exact) mass is 376 g/mol. The molecule has 148 valence electrons. The van der Waals surface area contributed by atoms with Gasteiger partial charge in [-0.1, -0.05) is 18.2 Å². The molecule has 1 aromatic rings. The average molecular weight is 376 g/mol. The van der Waals surface area contributed by atoms with Gasteiger partial charge < -0.3 is 9.64 Å². The predicted molar refractivity (Wildman–Crippen MR) is 100 cm³/mol. The van der Waals surface area contributed by atoms with Crippen molar-refractivity contribution in [2.75, 3.05) is 33.3 Å². The zero-order valence-electron chi connectivity index (χ0n) is 16.1. The van der Waals surface area contributed by atoms with Crippen LogP contribution in [0, 0.1) is 11.2 Å². The van der Waals surface area contributed by atoms with E-state index in [1.54, 1.807) is 6.07 Å². The number of benzene rings is 1. The van der Waals surface area contributed by atoms with Gasteiger partial charge in [0.1, 0.15) is 5.82 Å². The van der Waals surface area contributed by atoms with Gasteiger partial charge in [0.2, 0.25) is 5.91 Å². The maximum Gasteiger partial charge on any atom is 0.305 e. The molecule has 1 amide bonds. The summed E-state index contributed by atoms with van der Waals surface area (Å²) < 4.78 is 18.6. The molecule has 2 fully saturated rings. The van der Waals surface area contributed by atoms with Crippen molar-refractivity contribution in [2.24, 2.45) is 5.41 Å². The van der Waals surface area contributed by atoms with Crippen LogP contribution in [0.4, 0.5) is 4.39 Å². The number of amides is 1. The van der Waals surface area contributed by atoms with Gasteiger partial charge in [0, 0.05) is 50.0 Å². The fourth-order valence-corrected chi connectivity index (χ4v) is 4.44. The number of hydrogen-bond donors (Lipinski definition) is 0. The molecule has 0 unspecified atom stereocenters. The maximum absolute atomic E-state index is 14.0. The molecule has 2 aliphatic heterocycles. The van der Waals surface area contributed by atoms with Crippen molar-refractivity contribution in [3.63, 3.8) is 0 Å². The van der Waals surface area contributed by atoms with Crippen LogP contribution >= 0.6 is 0 Å². The predicted octanol–water partition coefficient (Wildman–Crippen LogP) is 2.98. The second-order valence-corrected chi connectivity index (χ2v) is 7.90. The van der Waals surface area contributed by atoms with E-state index >= 15 is 0 Å². The molecule has 0 saturated carbocycles. The number of methoxy groups -OCH3 is 1. The maximum atomic E-state index is 14.0. The molecule has 27 heavy (non-hydrogen) atoms. The lowest BCUT2D eigenvalue weighted by molar-refractivity contribution is -0.140. The third-order valence-corrected chi connectivity index (χ3v) is 5.88. The molecular weight excluding hydrogens is 347 g/mol. The molecule has 3 rings (SSSR count). The van der Waals surface area contributed by atoms with Crippen molar-refractivity contribution in [1.82, 2.24) is 9.80 Å². The first kappa shape index (κ1) is 19.8. The minimum absolute atomic E-state index is 0.127. The van der Waals surface area contributed by atoms with E-state index in [1.165, 1.54) is 13.2 Å².